The molecule has 0 aromatic carbocycles. The Bertz CT molecular complexity index is 647. The van der Waals surface area contributed by atoms with Crippen molar-refractivity contribution >= 4 is 11.0 Å². The lowest BCUT2D eigenvalue weighted by Crippen LogP contribution is -2.04. The zero-order chi connectivity index (χ0) is 13.2. The molecule has 0 saturated carbocycles. The van der Waals surface area contributed by atoms with Gasteiger partial charge < -0.3 is 4.98 Å². The number of hydrogen-bond donors (Lipinski definition) is 1. The summed E-state index contributed by atoms with van der Waals surface area (Å²) in [5, 5.41) is 5.59. The number of nitrogens with one attached hydrogen (secondary N) is 1. The summed E-state index contributed by atoms with van der Waals surface area (Å²) in [5.74, 6) is 0. The van der Waals surface area contributed by atoms with E-state index in [1.165, 1.54) is 6.42 Å². The molecule has 3 aromatic rings. The van der Waals surface area contributed by atoms with Gasteiger partial charge in [0.25, 0.3) is 0 Å². The molecule has 98 valence electrons. The summed E-state index contributed by atoms with van der Waals surface area (Å²) in [6.07, 6.45) is 8.14. The van der Waals surface area contributed by atoms with Crippen LogP contribution in [0.15, 0.2) is 36.8 Å². The van der Waals surface area contributed by atoms with E-state index in [0.717, 1.165) is 28.7 Å². The molecule has 0 aliphatic rings. The highest BCUT2D eigenvalue weighted by atomic mass is 15.3. The zero-order valence-corrected chi connectivity index (χ0v) is 11.3. The van der Waals surface area contributed by atoms with E-state index >= 15 is 0 Å². The molecule has 3 aromatic heterocycles. The Morgan fingerprint density at radius 1 is 1.42 bits per heavy atom. The number of rotatable bonds is 4. The van der Waals surface area contributed by atoms with E-state index in [0.29, 0.717) is 6.04 Å². The molecular weight excluding hydrogens is 236 g/mol. The SMILES string of the molecule is CCCC(C)n1cc(-c2cc3cccnc3[nH]2)cn1. The van der Waals surface area contributed by atoms with E-state index in [1.54, 1.807) is 6.20 Å². The molecule has 1 atom stereocenters. The minimum absolute atomic E-state index is 0.446. The van der Waals surface area contributed by atoms with Gasteiger partial charge in [0.15, 0.2) is 0 Å². The van der Waals surface area contributed by atoms with Crippen molar-refractivity contribution in [1.82, 2.24) is 19.7 Å². The molecule has 4 nitrogen and oxygen atoms in total. The van der Waals surface area contributed by atoms with Crippen molar-refractivity contribution in [3.05, 3.63) is 36.8 Å². The van der Waals surface area contributed by atoms with Crippen molar-refractivity contribution in [2.75, 3.05) is 0 Å². The van der Waals surface area contributed by atoms with E-state index in [-0.39, 0.29) is 0 Å². The van der Waals surface area contributed by atoms with Gasteiger partial charge in [0, 0.05) is 29.4 Å². The van der Waals surface area contributed by atoms with Crippen LogP contribution in [0.1, 0.15) is 32.7 Å². The second kappa shape index (κ2) is 4.88. The molecule has 0 aliphatic heterocycles. The highest BCUT2D eigenvalue weighted by molar-refractivity contribution is 5.82. The molecule has 0 bridgehead atoms. The average Bonchev–Trinajstić information content (AvgIpc) is 3.05. The molecule has 0 spiro atoms. The Kier molecular flexibility index (Phi) is 3.07. The van der Waals surface area contributed by atoms with Gasteiger partial charge in [-0.1, -0.05) is 13.3 Å². The van der Waals surface area contributed by atoms with Crippen LogP contribution in [0.3, 0.4) is 0 Å². The molecule has 0 radical (unpaired) electrons. The topological polar surface area (TPSA) is 46.5 Å². The molecule has 3 rings (SSSR count). The minimum atomic E-state index is 0.446. The standard InChI is InChI=1S/C15H18N4/c1-3-5-11(2)19-10-13(9-17-19)14-8-12-6-4-7-16-15(12)18-14/h4,6-11H,3,5H2,1-2H3,(H,16,18). The number of fused-ring (bicyclic) bond motifs is 1. The molecule has 3 heterocycles. The van der Waals surface area contributed by atoms with Crippen molar-refractivity contribution in [2.24, 2.45) is 0 Å². The van der Waals surface area contributed by atoms with Gasteiger partial charge in [0.2, 0.25) is 0 Å². The fraction of sp³-hybridized carbons (Fsp3) is 0.333. The van der Waals surface area contributed by atoms with Gasteiger partial charge in [-0.2, -0.15) is 5.10 Å². The molecule has 1 N–H and O–H groups in total. The number of aromatic nitrogens is 4. The summed E-state index contributed by atoms with van der Waals surface area (Å²) in [6, 6.07) is 6.58. The van der Waals surface area contributed by atoms with Crippen molar-refractivity contribution in [3.8, 4) is 11.3 Å². The van der Waals surface area contributed by atoms with Crippen LogP contribution in [0.25, 0.3) is 22.3 Å². The minimum Gasteiger partial charge on any atom is -0.339 e. The molecule has 0 amide bonds. The van der Waals surface area contributed by atoms with E-state index in [2.05, 4.69) is 47.2 Å². The van der Waals surface area contributed by atoms with Gasteiger partial charge in [0.05, 0.1) is 11.9 Å². The third-order valence-electron chi connectivity index (χ3n) is 3.46. The number of hydrogen-bond acceptors (Lipinski definition) is 2. The van der Waals surface area contributed by atoms with Gasteiger partial charge in [-0.25, -0.2) is 4.98 Å². The second-order valence-electron chi connectivity index (χ2n) is 4.97. The summed E-state index contributed by atoms with van der Waals surface area (Å²) in [6.45, 7) is 4.40. The van der Waals surface area contributed by atoms with Crippen LogP contribution in [0.2, 0.25) is 0 Å². The van der Waals surface area contributed by atoms with E-state index in [9.17, 15) is 0 Å². The predicted molar refractivity (Wildman–Crippen MR) is 76.9 cm³/mol. The van der Waals surface area contributed by atoms with Crippen molar-refractivity contribution in [1.29, 1.82) is 0 Å². The van der Waals surface area contributed by atoms with Crippen LogP contribution in [-0.2, 0) is 0 Å². The van der Waals surface area contributed by atoms with Gasteiger partial charge >= 0.3 is 0 Å². The van der Waals surface area contributed by atoms with Gasteiger partial charge in [-0.3, -0.25) is 4.68 Å². The average molecular weight is 254 g/mol. The monoisotopic (exact) mass is 254 g/mol. The molecule has 0 aliphatic carbocycles. The molecular formula is C15H18N4. The highest BCUT2D eigenvalue weighted by Crippen LogP contribution is 2.23. The molecule has 19 heavy (non-hydrogen) atoms. The van der Waals surface area contributed by atoms with E-state index in [1.807, 2.05) is 16.9 Å². The van der Waals surface area contributed by atoms with Gasteiger partial charge in [0.1, 0.15) is 5.65 Å². The third-order valence-corrected chi connectivity index (χ3v) is 3.46. The molecule has 4 heteroatoms. The van der Waals surface area contributed by atoms with Gasteiger partial charge in [-0.05, 0) is 31.5 Å². The summed E-state index contributed by atoms with van der Waals surface area (Å²) in [4.78, 5) is 7.65. The van der Waals surface area contributed by atoms with Crippen molar-refractivity contribution in [2.45, 2.75) is 32.7 Å². The maximum absolute atomic E-state index is 4.46. The fourth-order valence-electron chi connectivity index (χ4n) is 2.38. The Hall–Kier alpha value is -2.10. The van der Waals surface area contributed by atoms with Crippen LogP contribution in [0, 0.1) is 0 Å². The quantitative estimate of drug-likeness (QED) is 0.770. The molecule has 0 saturated heterocycles. The maximum atomic E-state index is 4.46. The number of pyridine rings is 1. The Balaban J connectivity index is 1.93. The van der Waals surface area contributed by atoms with Gasteiger partial charge in [-0.15, -0.1) is 0 Å². The van der Waals surface area contributed by atoms with Crippen LogP contribution < -0.4 is 0 Å². The third kappa shape index (κ3) is 2.26. The first-order chi connectivity index (χ1) is 9.28. The Morgan fingerprint density at radius 3 is 3.11 bits per heavy atom. The van der Waals surface area contributed by atoms with Crippen LogP contribution in [0.5, 0.6) is 0 Å². The van der Waals surface area contributed by atoms with E-state index < -0.39 is 0 Å². The second-order valence-corrected chi connectivity index (χ2v) is 4.97. The highest BCUT2D eigenvalue weighted by Gasteiger charge is 2.09. The lowest BCUT2D eigenvalue weighted by molar-refractivity contribution is 0.455. The normalized spacial score (nSPS) is 12.9. The first kappa shape index (κ1) is 12.0. The van der Waals surface area contributed by atoms with Crippen LogP contribution in [0.4, 0.5) is 0 Å². The number of H-pyrrole nitrogens is 1. The lowest BCUT2D eigenvalue weighted by atomic mass is 10.2. The maximum Gasteiger partial charge on any atom is 0.137 e. The first-order valence-electron chi connectivity index (χ1n) is 6.76. The zero-order valence-electron chi connectivity index (χ0n) is 11.3. The predicted octanol–water partition coefficient (Wildman–Crippen LogP) is 3.79. The Morgan fingerprint density at radius 2 is 2.32 bits per heavy atom. The number of nitrogens with zero attached hydrogens (tertiary/aromatic N) is 3. The summed E-state index contributed by atoms with van der Waals surface area (Å²) >= 11 is 0. The number of aromatic amines is 1. The smallest absolute Gasteiger partial charge is 0.137 e. The summed E-state index contributed by atoms with van der Waals surface area (Å²) in [5.41, 5.74) is 3.11. The largest absolute Gasteiger partial charge is 0.339 e. The summed E-state index contributed by atoms with van der Waals surface area (Å²) in [7, 11) is 0. The first-order valence-corrected chi connectivity index (χ1v) is 6.76. The fourth-order valence-corrected chi connectivity index (χ4v) is 2.38. The molecule has 0 fully saturated rings. The Labute approximate surface area is 112 Å². The molecule has 1 unspecified atom stereocenters. The van der Waals surface area contributed by atoms with Crippen LogP contribution >= 0.6 is 0 Å². The summed E-state index contributed by atoms with van der Waals surface area (Å²) < 4.78 is 2.04. The van der Waals surface area contributed by atoms with Crippen LogP contribution in [-0.4, -0.2) is 19.7 Å². The van der Waals surface area contributed by atoms with Crippen molar-refractivity contribution < 1.29 is 0 Å². The van der Waals surface area contributed by atoms with Crippen molar-refractivity contribution in [3.63, 3.8) is 0 Å². The van der Waals surface area contributed by atoms with E-state index in [4.69, 9.17) is 0 Å². The lowest BCUT2D eigenvalue weighted by Gasteiger charge is -2.09.